The normalized spacial score (nSPS) is 23.6. The minimum absolute atomic E-state index is 0.0106. The van der Waals surface area contributed by atoms with Crippen molar-refractivity contribution in [3.8, 4) is 5.75 Å². The summed E-state index contributed by atoms with van der Waals surface area (Å²) in [6.07, 6.45) is 2.83. The van der Waals surface area contributed by atoms with Crippen molar-refractivity contribution in [3.63, 3.8) is 0 Å². The third kappa shape index (κ3) is 3.87. The van der Waals surface area contributed by atoms with Gasteiger partial charge in [-0.3, -0.25) is 0 Å². The van der Waals surface area contributed by atoms with E-state index in [0.29, 0.717) is 5.25 Å². The first-order chi connectivity index (χ1) is 9.01. The molecule has 0 aromatic heterocycles. The van der Waals surface area contributed by atoms with Gasteiger partial charge >= 0.3 is 0 Å². The molecule has 0 aliphatic heterocycles. The number of benzene rings is 1. The van der Waals surface area contributed by atoms with E-state index >= 15 is 0 Å². The summed E-state index contributed by atoms with van der Waals surface area (Å²) < 4.78 is 27.1. The van der Waals surface area contributed by atoms with Gasteiger partial charge in [-0.05, 0) is 43.2 Å². The molecule has 1 aromatic rings. The van der Waals surface area contributed by atoms with Crippen LogP contribution in [0.3, 0.4) is 0 Å². The Bertz CT molecular complexity index is 530. The van der Waals surface area contributed by atoms with Gasteiger partial charge < -0.3 is 5.11 Å². The SMILES string of the molecule is CCSC1CCC(NS(=O)(=O)c2cccc(O)c2)C1. The molecule has 4 nitrogen and oxygen atoms in total. The predicted octanol–water partition coefficient (Wildman–Crippen LogP) is 2.34. The van der Waals surface area contributed by atoms with Gasteiger partial charge in [-0.15, -0.1) is 0 Å². The number of thioether (sulfide) groups is 1. The van der Waals surface area contributed by atoms with Crippen LogP contribution in [0.5, 0.6) is 5.75 Å². The van der Waals surface area contributed by atoms with Gasteiger partial charge in [0.05, 0.1) is 4.90 Å². The maximum atomic E-state index is 12.2. The molecule has 1 saturated carbocycles. The molecule has 0 spiro atoms. The molecule has 1 fully saturated rings. The van der Waals surface area contributed by atoms with E-state index in [1.807, 2.05) is 11.8 Å². The maximum Gasteiger partial charge on any atom is 0.240 e. The van der Waals surface area contributed by atoms with Crippen LogP contribution in [0.25, 0.3) is 0 Å². The Morgan fingerprint density at radius 1 is 1.42 bits per heavy atom. The van der Waals surface area contributed by atoms with Gasteiger partial charge in [-0.1, -0.05) is 13.0 Å². The fourth-order valence-corrected chi connectivity index (χ4v) is 4.84. The highest BCUT2D eigenvalue weighted by molar-refractivity contribution is 7.99. The predicted molar refractivity (Wildman–Crippen MR) is 78.0 cm³/mol. The van der Waals surface area contributed by atoms with Crippen LogP contribution < -0.4 is 4.72 Å². The van der Waals surface area contributed by atoms with Crippen LogP contribution in [0.2, 0.25) is 0 Å². The van der Waals surface area contributed by atoms with Gasteiger partial charge in [0.1, 0.15) is 5.75 Å². The minimum Gasteiger partial charge on any atom is -0.508 e. The van der Waals surface area contributed by atoms with Crippen molar-refractivity contribution >= 4 is 21.8 Å². The summed E-state index contributed by atoms with van der Waals surface area (Å²) in [5.74, 6) is 1.03. The van der Waals surface area contributed by atoms with Gasteiger partial charge in [0.2, 0.25) is 10.0 Å². The van der Waals surface area contributed by atoms with E-state index in [0.717, 1.165) is 25.0 Å². The van der Waals surface area contributed by atoms with E-state index in [1.54, 1.807) is 0 Å². The van der Waals surface area contributed by atoms with Crippen molar-refractivity contribution in [1.29, 1.82) is 0 Å². The van der Waals surface area contributed by atoms with E-state index < -0.39 is 10.0 Å². The minimum atomic E-state index is -3.52. The average molecular weight is 301 g/mol. The number of phenols is 1. The molecule has 106 valence electrons. The molecule has 1 aliphatic rings. The van der Waals surface area contributed by atoms with E-state index in [2.05, 4.69) is 11.6 Å². The molecule has 0 bridgehead atoms. The molecule has 2 atom stereocenters. The van der Waals surface area contributed by atoms with Crippen LogP contribution in [0.1, 0.15) is 26.2 Å². The van der Waals surface area contributed by atoms with Crippen LogP contribution in [-0.4, -0.2) is 30.6 Å². The van der Waals surface area contributed by atoms with Crippen LogP contribution in [-0.2, 0) is 10.0 Å². The van der Waals surface area contributed by atoms with Crippen LogP contribution in [0, 0.1) is 0 Å². The number of hydrogen-bond acceptors (Lipinski definition) is 4. The second kappa shape index (κ2) is 6.15. The number of sulfonamides is 1. The third-order valence-corrected chi connectivity index (χ3v) is 5.99. The van der Waals surface area contributed by atoms with E-state index in [9.17, 15) is 13.5 Å². The molecule has 2 unspecified atom stereocenters. The topological polar surface area (TPSA) is 66.4 Å². The molecule has 1 aromatic carbocycles. The summed E-state index contributed by atoms with van der Waals surface area (Å²) in [6, 6.07) is 5.78. The Hall–Kier alpha value is -0.720. The van der Waals surface area contributed by atoms with Gasteiger partial charge in [-0.25, -0.2) is 13.1 Å². The van der Waals surface area contributed by atoms with Gasteiger partial charge in [0.25, 0.3) is 0 Å². The summed E-state index contributed by atoms with van der Waals surface area (Å²) in [5, 5.41) is 9.91. The Kier molecular flexibility index (Phi) is 4.76. The lowest BCUT2D eigenvalue weighted by atomic mass is 10.3. The quantitative estimate of drug-likeness (QED) is 0.876. The Labute approximate surface area is 118 Å². The number of hydrogen-bond donors (Lipinski definition) is 2. The molecule has 0 heterocycles. The molecule has 0 radical (unpaired) electrons. The summed E-state index contributed by atoms with van der Waals surface area (Å²) in [6.45, 7) is 2.12. The van der Waals surface area contributed by atoms with Crippen molar-refractivity contribution < 1.29 is 13.5 Å². The highest BCUT2D eigenvalue weighted by Gasteiger charge is 2.28. The molecule has 6 heteroatoms. The first-order valence-corrected chi connectivity index (χ1v) is 8.97. The highest BCUT2D eigenvalue weighted by atomic mass is 32.2. The van der Waals surface area contributed by atoms with Crippen LogP contribution in [0.4, 0.5) is 0 Å². The molecular formula is C13H19NO3S2. The zero-order valence-corrected chi connectivity index (χ0v) is 12.5. The smallest absolute Gasteiger partial charge is 0.240 e. The van der Waals surface area contributed by atoms with Crippen molar-refractivity contribution in [2.75, 3.05) is 5.75 Å². The van der Waals surface area contributed by atoms with Gasteiger partial charge in [0.15, 0.2) is 0 Å². The number of rotatable bonds is 5. The molecule has 2 N–H and O–H groups in total. The fraction of sp³-hybridized carbons (Fsp3) is 0.538. The summed E-state index contributed by atoms with van der Waals surface area (Å²) in [4.78, 5) is 0.124. The maximum absolute atomic E-state index is 12.2. The van der Waals surface area contributed by atoms with E-state index in [1.165, 1.54) is 24.3 Å². The number of nitrogens with one attached hydrogen (secondary N) is 1. The van der Waals surface area contributed by atoms with Gasteiger partial charge in [0, 0.05) is 11.3 Å². The number of phenolic OH excluding ortho intramolecular Hbond substituents is 1. The average Bonchev–Trinajstić information content (AvgIpc) is 2.76. The molecular weight excluding hydrogens is 282 g/mol. The zero-order chi connectivity index (χ0) is 13.9. The van der Waals surface area contributed by atoms with Crippen molar-refractivity contribution in [2.24, 2.45) is 0 Å². The van der Waals surface area contributed by atoms with Crippen LogP contribution >= 0.6 is 11.8 Å². The molecule has 1 aliphatic carbocycles. The fourth-order valence-electron chi connectivity index (χ4n) is 2.37. The zero-order valence-electron chi connectivity index (χ0n) is 10.9. The lowest BCUT2D eigenvalue weighted by Gasteiger charge is -2.13. The summed E-state index contributed by atoms with van der Waals surface area (Å²) >= 11 is 1.89. The van der Waals surface area contributed by atoms with Crippen molar-refractivity contribution in [1.82, 2.24) is 4.72 Å². The molecule has 0 amide bonds. The van der Waals surface area contributed by atoms with E-state index in [-0.39, 0.29) is 16.7 Å². The highest BCUT2D eigenvalue weighted by Crippen LogP contribution is 2.30. The summed E-state index contributed by atoms with van der Waals surface area (Å²) in [5.41, 5.74) is 0. The van der Waals surface area contributed by atoms with E-state index in [4.69, 9.17) is 0 Å². The third-order valence-electron chi connectivity index (χ3n) is 3.24. The lowest BCUT2D eigenvalue weighted by molar-refractivity contribution is 0.472. The van der Waals surface area contributed by atoms with Crippen molar-refractivity contribution in [2.45, 2.75) is 42.4 Å². The molecule has 19 heavy (non-hydrogen) atoms. The second-order valence-electron chi connectivity index (χ2n) is 4.71. The lowest BCUT2D eigenvalue weighted by Crippen LogP contribution is -2.33. The Morgan fingerprint density at radius 2 is 2.21 bits per heavy atom. The standard InChI is InChI=1S/C13H19NO3S2/c1-2-18-12-7-6-10(8-12)14-19(16,17)13-5-3-4-11(15)9-13/h3-5,9-10,12,14-15H,2,6-8H2,1H3. The molecule has 2 rings (SSSR count). The van der Waals surface area contributed by atoms with Gasteiger partial charge in [-0.2, -0.15) is 11.8 Å². The Balaban J connectivity index is 2.02. The van der Waals surface area contributed by atoms with Crippen LogP contribution in [0.15, 0.2) is 29.2 Å². The van der Waals surface area contributed by atoms with Crippen molar-refractivity contribution in [3.05, 3.63) is 24.3 Å². The first-order valence-electron chi connectivity index (χ1n) is 6.44. The summed E-state index contributed by atoms with van der Waals surface area (Å²) in [7, 11) is -3.52. The second-order valence-corrected chi connectivity index (χ2v) is 8.00. The Morgan fingerprint density at radius 3 is 2.89 bits per heavy atom. The largest absolute Gasteiger partial charge is 0.508 e. The number of aromatic hydroxyl groups is 1. The monoisotopic (exact) mass is 301 g/mol. The first kappa shape index (κ1) is 14.7. The molecule has 0 saturated heterocycles.